The summed E-state index contributed by atoms with van der Waals surface area (Å²) in [5.74, 6) is 0. The van der Waals surface area contributed by atoms with Gasteiger partial charge < -0.3 is 14.9 Å². The third kappa shape index (κ3) is 1.35. The van der Waals surface area contributed by atoms with Crippen molar-refractivity contribution in [3.63, 3.8) is 0 Å². The van der Waals surface area contributed by atoms with E-state index in [9.17, 15) is 10.2 Å². The fraction of sp³-hybridized carbons (Fsp3) is 0.500. The minimum atomic E-state index is -0.879. The molecule has 0 unspecified atom stereocenters. The van der Waals surface area contributed by atoms with Crippen LogP contribution in [-0.4, -0.2) is 34.6 Å². The van der Waals surface area contributed by atoms with Crippen molar-refractivity contribution in [1.29, 1.82) is 0 Å². The Balaban J connectivity index is 2.67. The van der Waals surface area contributed by atoms with E-state index in [1.165, 1.54) is 12.2 Å². The van der Waals surface area contributed by atoms with E-state index in [1.807, 2.05) is 0 Å². The second-order valence-electron chi connectivity index (χ2n) is 2.52. The topological polar surface area (TPSA) is 49.7 Å². The second kappa shape index (κ2) is 3.17. The number of ether oxygens (including phenoxy) is 1. The summed E-state index contributed by atoms with van der Waals surface area (Å²) >= 11 is 0. The van der Waals surface area contributed by atoms with Crippen molar-refractivity contribution < 1.29 is 14.9 Å². The largest absolute Gasteiger partial charge is 0.387 e. The lowest BCUT2D eigenvalue weighted by molar-refractivity contribution is 0.0395. The van der Waals surface area contributed by atoms with Crippen LogP contribution in [0, 0.1) is 0 Å². The Morgan fingerprint density at radius 3 is 1.55 bits per heavy atom. The van der Waals surface area contributed by atoms with Gasteiger partial charge in [-0.1, -0.05) is 12.2 Å². The highest BCUT2D eigenvalue weighted by atomic mass is 16.5. The molecule has 2 N–H and O–H groups in total. The first-order valence-electron chi connectivity index (χ1n) is 3.47. The van der Waals surface area contributed by atoms with Crippen molar-refractivity contribution in [2.45, 2.75) is 24.4 Å². The Kier molecular flexibility index (Phi) is 2.44. The number of aliphatic hydroxyl groups is 2. The molecule has 3 nitrogen and oxygen atoms in total. The molecule has 0 bridgehead atoms. The Morgan fingerprint density at radius 1 is 1.00 bits per heavy atom. The minimum absolute atomic E-state index is 0.479. The molecule has 62 valence electrons. The molecule has 0 aromatic heterocycles. The lowest BCUT2D eigenvalue weighted by Crippen LogP contribution is -2.30. The molecule has 1 saturated heterocycles. The molecular weight excluding hydrogens is 144 g/mol. The van der Waals surface area contributed by atoms with Gasteiger partial charge in [0, 0.05) is 0 Å². The van der Waals surface area contributed by atoms with Gasteiger partial charge in [0.25, 0.3) is 0 Å². The maximum absolute atomic E-state index is 9.26. The van der Waals surface area contributed by atoms with E-state index in [1.54, 1.807) is 0 Å². The Bertz CT molecular complexity index is 149. The highest BCUT2D eigenvalue weighted by Gasteiger charge is 2.39. The standard InChI is InChI=1S/C8H12O3/c1-3-5-7(9)8(10)6(4-2)11-5/h3-10H,1-2H2/t5-,6+,7-,8+. The molecule has 1 aliphatic heterocycles. The monoisotopic (exact) mass is 156 g/mol. The van der Waals surface area contributed by atoms with Crippen LogP contribution in [0.25, 0.3) is 0 Å². The first-order chi connectivity index (χ1) is 5.20. The molecule has 1 heterocycles. The zero-order valence-electron chi connectivity index (χ0n) is 6.18. The predicted octanol–water partition coefficient (Wildman–Crippen LogP) is -0.152. The summed E-state index contributed by atoms with van der Waals surface area (Å²) in [5.41, 5.74) is 0. The van der Waals surface area contributed by atoms with Crippen LogP contribution in [0.1, 0.15) is 0 Å². The molecule has 0 aliphatic carbocycles. The van der Waals surface area contributed by atoms with Gasteiger partial charge in [-0.2, -0.15) is 0 Å². The van der Waals surface area contributed by atoms with Gasteiger partial charge in [-0.15, -0.1) is 13.2 Å². The Morgan fingerprint density at radius 2 is 1.36 bits per heavy atom. The minimum Gasteiger partial charge on any atom is -0.387 e. The average Bonchev–Trinajstić information content (AvgIpc) is 2.30. The summed E-state index contributed by atoms with van der Waals surface area (Å²) in [6.07, 6.45) is 0.224. The number of aliphatic hydroxyl groups excluding tert-OH is 2. The van der Waals surface area contributed by atoms with Gasteiger partial charge in [0.05, 0.1) is 0 Å². The van der Waals surface area contributed by atoms with Crippen LogP contribution in [0.3, 0.4) is 0 Å². The van der Waals surface area contributed by atoms with Crippen LogP contribution in [0.5, 0.6) is 0 Å². The first kappa shape index (κ1) is 8.46. The van der Waals surface area contributed by atoms with E-state index in [0.717, 1.165) is 0 Å². The Hall–Kier alpha value is -0.640. The van der Waals surface area contributed by atoms with Crippen molar-refractivity contribution in [3.8, 4) is 0 Å². The molecular formula is C8H12O3. The summed E-state index contributed by atoms with van der Waals surface area (Å²) in [7, 11) is 0. The third-order valence-electron chi connectivity index (χ3n) is 1.80. The molecule has 3 heteroatoms. The fourth-order valence-corrected chi connectivity index (χ4v) is 1.12. The summed E-state index contributed by atoms with van der Waals surface area (Å²) in [4.78, 5) is 0. The molecule has 0 aromatic rings. The van der Waals surface area contributed by atoms with Gasteiger partial charge in [-0.25, -0.2) is 0 Å². The first-order valence-corrected chi connectivity index (χ1v) is 3.47. The molecule has 0 radical (unpaired) electrons. The van der Waals surface area contributed by atoms with Crippen LogP contribution in [0.2, 0.25) is 0 Å². The van der Waals surface area contributed by atoms with Crippen LogP contribution < -0.4 is 0 Å². The van der Waals surface area contributed by atoms with Gasteiger partial charge >= 0.3 is 0 Å². The van der Waals surface area contributed by atoms with E-state index < -0.39 is 24.4 Å². The van der Waals surface area contributed by atoms with E-state index in [0.29, 0.717) is 0 Å². The molecule has 1 aliphatic rings. The summed E-state index contributed by atoms with van der Waals surface area (Å²) in [6.45, 7) is 6.93. The van der Waals surface area contributed by atoms with Gasteiger partial charge in [0.15, 0.2) is 0 Å². The maximum Gasteiger partial charge on any atom is 0.112 e. The molecule has 0 saturated carbocycles. The van der Waals surface area contributed by atoms with Gasteiger partial charge in [0.1, 0.15) is 24.4 Å². The molecule has 0 amide bonds. The quantitative estimate of drug-likeness (QED) is 0.546. The van der Waals surface area contributed by atoms with Crippen molar-refractivity contribution in [3.05, 3.63) is 25.3 Å². The summed E-state index contributed by atoms with van der Waals surface area (Å²) in [5, 5.41) is 18.5. The van der Waals surface area contributed by atoms with Gasteiger partial charge in [-0.05, 0) is 0 Å². The predicted molar refractivity (Wildman–Crippen MR) is 41.1 cm³/mol. The van der Waals surface area contributed by atoms with Crippen molar-refractivity contribution in [1.82, 2.24) is 0 Å². The number of hydrogen-bond acceptors (Lipinski definition) is 3. The SMILES string of the molecule is C=C[C@@H]1O[C@H](C=C)[C@@H](O)[C@H]1O. The molecule has 1 rings (SSSR count). The molecule has 0 aromatic carbocycles. The highest BCUT2D eigenvalue weighted by molar-refractivity contribution is 5.03. The van der Waals surface area contributed by atoms with E-state index in [4.69, 9.17) is 4.74 Å². The van der Waals surface area contributed by atoms with Crippen molar-refractivity contribution >= 4 is 0 Å². The number of rotatable bonds is 2. The summed E-state index contributed by atoms with van der Waals surface area (Å²) < 4.78 is 5.15. The van der Waals surface area contributed by atoms with Crippen molar-refractivity contribution in [2.24, 2.45) is 0 Å². The fourth-order valence-electron chi connectivity index (χ4n) is 1.12. The summed E-state index contributed by atoms with van der Waals surface area (Å²) in [6, 6.07) is 0. The normalized spacial score (nSPS) is 43.8. The van der Waals surface area contributed by atoms with Crippen LogP contribution in [0.15, 0.2) is 25.3 Å². The molecule has 11 heavy (non-hydrogen) atoms. The van der Waals surface area contributed by atoms with Crippen LogP contribution >= 0.6 is 0 Å². The van der Waals surface area contributed by atoms with Gasteiger partial charge in [0.2, 0.25) is 0 Å². The zero-order valence-corrected chi connectivity index (χ0v) is 6.18. The highest BCUT2D eigenvalue weighted by Crippen LogP contribution is 2.22. The second-order valence-corrected chi connectivity index (χ2v) is 2.52. The third-order valence-corrected chi connectivity index (χ3v) is 1.80. The molecule has 4 atom stereocenters. The van der Waals surface area contributed by atoms with E-state index in [2.05, 4.69) is 13.2 Å². The molecule has 1 fully saturated rings. The van der Waals surface area contributed by atoms with Crippen LogP contribution in [0.4, 0.5) is 0 Å². The smallest absolute Gasteiger partial charge is 0.112 e. The van der Waals surface area contributed by atoms with E-state index >= 15 is 0 Å². The van der Waals surface area contributed by atoms with Crippen molar-refractivity contribution in [2.75, 3.05) is 0 Å². The zero-order chi connectivity index (χ0) is 8.43. The maximum atomic E-state index is 9.26. The average molecular weight is 156 g/mol. The van der Waals surface area contributed by atoms with Gasteiger partial charge in [-0.3, -0.25) is 0 Å². The lowest BCUT2D eigenvalue weighted by Gasteiger charge is -2.09. The van der Waals surface area contributed by atoms with Crippen LogP contribution in [-0.2, 0) is 4.74 Å². The Labute approximate surface area is 65.6 Å². The van der Waals surface area contributed by atoms with E-state index in [-0.39, 0.29) is 0 Å². The lowest BCUT2D eigenvalue weighted by atomic mass is 10.1. The molecule has 0 spiro atoms. The number of hydrogen-bond donors (Lipinski definition) is 2.